The third-order valence-electron chi connectivity index (χ3n) is 4.20. The van der Waals surface area contributed by atoms with Gasteiger partial charge in [-0.3, -0.25) is 0 Å². The summed E-state index contributed by atoms with van der Waals surface area (Å²) in [6, 6.07) is 9.12. The highest BCUT2D eigenvalue weighted by Crippen LogP contribution is 2.36. The van der Waals surface area contributed by atoms with Gasteiger partial charge in [-0.15, -0.1) is 0 Å². The topological polar surface area (TPSA) is 12.0 Å². The molecule has 0 heterocycles. The molecule has 1 fully saturated rings. The van der Waals surface area contributed by atoms with E-state index in [1.807, 2.05) is 12.1 Å². The van der Waals surface area contributed by atoms with Crippen LogP contribution in [0.25, 0.3) is 0 Å². The fraction of sp³-hybridized carbons (Fsp3) is 0.625. The van der Waals surface area contributed by atoms with Crippen molar-refractivity contribution in [2.45, 2.75) is 58.5 Å². The van der Waals surface area contributed by atoms with Crippen LogP contribution in [0.1, 0.15) is 58.1 Å². The van der Waals surface area contributed by atoms with Crippen molar-refractivity contribution in [2.75, 3.05) is 0 Å². The largest absolute Gasteiger partial charge is 0.307 e. The number of halogens is 1. The molecule has 100 valence electrons. The van der Waals surface area contributed by atoms with Gasteiger partial charge in [-0.05, 0) is 49.7 Å². The Morgan fingerprint density at radius 3 is 2.44 bits per heavy atom. The Hall–Kier alpha value is -0.530. The second-order valence-corrected chi connectivity index (χ2v) is 6.76. The third-order valence-corrected chi connectivity index (χ3v) is 4.54. The minimum atomic E-state index is 0.338. The molecule has 1 aliphatic rings. The molecule has 2 heteroatoms. The highest BCUT2D eigenvalue weighted by molar-refractivity contribution is 6.31. The molecule has 0 aliphatic heterocycles. The number of benzene rings is 1. The monoisotopic (exact) mass is 265 g/mol. The van der Waals surface area contributed by atoms with Crippen LogP contribution in [-0.2, 0) is 0 Å². The van der Waals surface area contributed by atoms with E-state index in [1.54, 1.807) is 0 Å². The average Bonchev–Trinajstić information content (AvgIpc) is 2.32. The first kappa shape index (κ1) is 13.9. The molecule has 1 aliphatic carbocycles. The maximum absolute atomic E-state index is 6.24. The molecule has 0 aromatic heterocycles. The van der Waals surface area contributed by atoms with Crippen LogP contribution in [0.3, 0.4) is 0 Å². The molecule has 1 atom stereocenters. The predicted molar refractivity (Wildman–Crippen MR) is 79.0 cm³/mol. The van der Waals surface area contributed by atoms with Crippen molar-refractivity contribution in [3.05, 3.63) is 34.9 Å². The van der Waals surface area contributed by atoms with Gasteiger partial charge < -0.3 is 5.32 Å². The first-order chi connectivity index (χ1) is 8.48. The van der Waals surface area contributed by atoms with Crippen molar-refractivity contribution in [3.63, 3.8) is 0 Å². The van der Waals surface area contributed by atoms with Crippen molar-refractivity contribution in [1.82, 2.24) is 5.32 Å². The van der Waals surface area contributed by atoms with Crippen molar-refractivity contribution in [2.24, 2.45) is 5.41 Å². The maximum atomic E-state index is 6.24. The Morgan fingerprint density at radius 2 is 1.83 bits per heavy atom. The van der Waals surface area contributed by atoms with Gasteiger partial charge in [0, 0.05) is 17.1 Å². The van der Waals surface area contributed by atoms with Gasteiger partial charge in [0.25, 0.3) is 0 Å². The molecule has 0 radical (unpaired) electrons. The van der Waals surface area contributed by atoms with Crippen LogP contribution in [-0.4, -0.2) is 6.04 Å². The van der Waals surface area contributed by atoms with Gasteiger partial charge in [0.1, 0.15) is 0 Å². The van der Waals surface area contributed by atoms with Crippen LogP contribution in [0.15, 0.2) is 24.3 Å². The summed E-state index contributed by atoms with van der Waals surface area (Å²) in [5.41, 5.74) is 1.75. The molecule has 0 amide bonds. The fourth-order valence-electron chi connectivity index (χ4n) is 2.84. The molecular weight excluding hydrogens is 242 g/mol. The molecule has 1 N–H and O–H groups in total. The summed E-state index contributed by atoms with van der Waals surface area (Å²) in [5, 5.41) is 4.60. The number of rotatable bonds is 3. The SMILES string of the molecule is C[C@@H](NC1CCC(C)(C)CC1)c1ccccc1Cl. The second-order valence-electron chi connectivity index (χ2n) is 6.35. The van der Waals surface area contributed by atoms with E-state index in [1.165, 1.54) is 31.2 Å². The summed E-state index contributed by atoms with van der Waals surface area (Å²) in [7, 11) is 0. The minimum absolute atomic E-state index is 0.338. The number of hydrogen-bond donors (Lipinski definition) is 1. The zero-order chi connectivity index (χ0) is 13.2. The van der Waals surface area contributed by atoms with E-state index in [2.05, 4.69) is 38.2 Å². The van der Waals surface area contributed by atoms with Gasteiger partial charge in [-0.2, -0.15) is 0 Å². The Morgan fingerprint density at radius 1 is 1.22 bits per heavy atom. The zero-order valence-corrected chi connectivity index (χ0v) is 12.4. The van der Waals surface area contributed by atoms with E-state index in [-0.39, 0.29) is 0 Å². The third kappa shape index (κ3) is 3.49. The normalized spacial score (nSPS) is 21.8. The molecule has 18 heavy (non-hydrogen) atoms. The van der Waals surface area contributed by atoms with E-state index >= 15 is 0 Å². The summed E-state index contributed by atoms with van der Waals surface area (Å²) < 4.78 is 0. The van der Waals surface area contributed by atoms with Gasteiger partial charge in [0.05, 0.1) is 0 Å². The highest BCUT2D eigenvalue weighted by Gasteiger charge is 2.27. The summed E-state index contributed by atoms with van der Waals surface area (Å²) in [6.45, 7) is 6.96. The highest BCUT2D eigenvalue weighted by atomic mass is 35.5. The fourth-order valence-corrected chi connectivity index (χ4v) is 3.13. The standard InChI is InChI=1S/C16H24ClN/c1-12(14-6-4-5-7-15(14)17)18-13-8-10-16(2,3)11-9-13/h4-7,12-13,18H,8-11H2,1-3H3/t12-/m1/s1. The Kier molecular flexibility index (Phi) is 4.34. The van der Waals surface area contributed by atoms with Gasteiger partial charge in [0.15, 0.2) is 0 Å². The van der Waals surface area contributed by atoms with Gasteiger partial charge in [0.2, 0.25) is 0 Å². The Balaban J connectivity index is 1.93. The molecule has 0 unspecified atom stereocenters. The van der Waals surface area contributed by atoms with Crippen molar-refractivity contribution < 1.29 is 0 Å². The van der Waals surface area contributed by atoms with Gasteiger partial charge >= 0.3 is 0 Å². The lowest BCUT2D eigenvalue weighted by Crippen LogP contribution is -2.37. The van der Waals surface area contributed by atoms with Crippen molar-refractivity contribution in [1.29, 1.82) is 0 Å². The molecule has 0 spiro atoms. The molecule has 1 nitrogen and oxygen atoms in total. The predicted octanol–water partition coefficient (Wildman–Crippen LogP) is 4.96. The van der Waals surface area contributed by atoms with Crippen LogP contribution in [0.5, 0.6) is 0 Å². The van der Waals surface area contributed by atoms with Crippen molar-refractivity contribution in [3.8, 4) is 0 Å². The first-order valence-electron chi connectivity index (χ1n) is 6.98. The molecular formula is C16H24ClN. The van der Waals surface area contributed by atoms with E-state index in [0.29, 0.717) is 17.5 Å². The second kappa shape index (κ2) is 5.63. The Labute approximate surface area is 116 Å². The number of nitrogens with one attached hydrogen (secondary N) is 1. The summed E-state index contributed by atoms with van der Waals surface area (Å²) in [6.07, 6.45) is 5.20. The Bertz CT molecular complexity index is 390. The smallest absolute Gasteiger partial charge is 0.0453 e. The van der Waals surface area contributed by atoms with E-state index < -0.39 is 0 Å². The zero-order valence-electron chi connectivity index (χ0n) is 11.7. The quantitative estimate of drug-likeness (QED) is 0.815. The maximum Gasteiger partial charge on any atom is 0.0453 e. The van der Waals surface area contributed by atoms with Crippen molar-refractivity contribution >= 4 is 11.6 Å². The molecule has 2 rings (SSSR count). The van der Waals surface area contributed by atoms with Gasteiger partial charge in [-0.25, -0.2) is 0 Å². The molecule has 1 saturated carbocycles. The van der Waals surface area contributed by atoms with E-state index in [9.17, 15) is 0 Å². The minimum Gasteiger partial charge on any atom is -0.307 e. The van der Waals surface area contributed by atoms with E-state index in [4.69, 9.17) is 11.6 Å². The molecule has 0 saturated heterocycles. The lowest BCUT2D eigenvalue weighted by molar-refractivity contribution is 0.200. The number of hydrogen-bond acceptors (Lipinski definition) is 1. The van der Waals surface area contributed by atoms with Crippen LogP contribution in [0.2, 0.25) is 5.02 Å². The van der Waals surface area contributed by atoms with Crippen LogP contribution >= 0.6 is 11.6 Å². The summed E-state index contributed by atoms with van der Waals surface area (Å²) in [5.74, 6) is 0. The van der Waals surface area contributed by atoms with Crippen LogP contribution < -0.4 is 5.32 Å². The molecule has 1 aromatic carbocycles. The average molecular weight is 266 g/mol. The van der Waals surface area contributed by atoms with Crippen LogP contribution in [0.4, 0.5) is 0 Å². The van der Waals surface area contributed by atoms with Crippen LogP contribution in [0, 0.1) is 5.41 Å². The van der Waals surface area contributed by atoms with Gasteiger partial charge in [-0.1, -0.05) is 43.6 Å². The molecule has 1 aromatic rings. The first-order valence-corrected chi connectivity index (χ1v) is 7.36. The lowest BCUT2D eigenvalue weighted by atomic mass is 9.75. The molecule has 0 bridgehead atoms. The summed E-state index contributed by atoms with van der Waals surface area (Å²) >= 11 is 6.24. The summed E-state index contributed by atoms with van der Waals surface area (Å²) in [4.78, 5) is 0. The lowest BCUT2D eigenvalue weighted by Gasteiger charge is -2.36. The van der Waals surface area contributed by atoms with E-state index in [0.717, 1.165) is 5.02 Å².